The molecule has 3 N–H and O–H groups in total. The van der Waals surface area contributed by atoms with Crippen LogP contribution >= 0.6 is 23.2 Å². The molecule has 2 aromatic rings. The van der Waals surface area contributed by atoms with Crippen LogP contribution < -0.4 is 16.0 Å². The smallest absolute Gasteiger partial charge is 0.407 e. The Morgan fingerprint density at radius 2 is 1.92 bits per heavy atom. The third-order valence-electron chi connectivity index (χ3n) is 8.08. The quantitative estimate of drug-likeness (QED) is 0.361. The molecule has 202 valence electrons. The van der Waals surface area contributed by atoms with Crippen molar-refractivity contribution in [2.45, 2.75) is 71.1 Å². The highest BCUT2D eigenvalue weighted by Crippen LogP contribution is 2.60. The lowest BCUT2D eigenvalue weighted by Gasteiger charge is -2.60. The standard InChI is InChI=1S/C28H34Cl2N6O2/c1-27(2,3)38-26(37)35-23-18-6-16-7-19(23)11-28(9-16,10-18)15-34-24-20(12-31)14-33-25(36-24)32-13-17-4-5-21(29)8-22(17)30/h4-5,8,14,16,18-19,23H,6-7,9-11,13,15H2,1-3H3,(H,35,37)(H2,32,33,34,36)/t16?,18-,19+,23-,28-. The van der Waals surface area contributed by atoms with Gasteiger partial charge in [-0.25, -0.2) is 9.78 Å². The van der Waals surface area contributed by atoms with E-state index in [0.29, 0.717) is 51.7 Å². The van der Waals surface area contributed by atoms with Gasteiger partial charge < -0.3 is 20.7 Å². The summed E-state index contributed by atoms with van der Waals surface area (Å²) in [5.74, 6) is 2.51. The molecule has 4 aliphatic rings. The van der Waals surface area contributed by atoms with E-state index in [1.165, 1.54) is 6.42 Å². The SMILES string of the molecule is CC(C)(C)OC(=O)N[C@@H]1[C@@H]2CC3C[C@H]1C[C@@](CNc1nc(NCc4ccc(Cl)cc4Cl)ncc1C#N)(C3)C2. The van der Waals surface area contributed by atoms with E-state index >= 15 is 0 Å². The van der Waals surface area contributed by atoms with Gasteiger partial charge in [-0.05, 0) is 93.7 Å². The van der Waals surface area contributed by atoms with E-state index in [2.05, 4.69) is 32.0 Å². The van der Waals surface area contributed by atoms with E-state index in [1.54, 1.807) is 18.3 Å². The molecule has 8 nitrogen and oxygen atoms in total. The molecular formula is C28H34Cl2N6O2. The summed E-state index contributed by atoms with van der Waals surface area (Å²) in [5, 5.41) is 20.7. The first-order valence-electron chi connectivity index (χ1n) is 13.2. The van der Waals surface area contributed by atoms with Crippen LogP contribution in [0.3, 0.4) is 0 Å². The Morgan fingerprint density at radius 3 is 2.58 bits per heavy atom. The molecule has 1 aromatic heterocycles. The van der Waals surface area contributed by atoms with Crippen LogP contribution in [0.2, 0.25) is 10.0 Å². The van der Waals surface area contributed by atoms with Gasteiger partial charge in [0.05, 0.1) is 6.20 Å². The molecule has 0 saturated heterocycles. The number of halogens is 2. The van der Waals surface area contributed by atoms with Gasteiger partial charge in [0.25, 0.3) is 0 Å². The molecular weight excluding hydrogens is 523 g/mol. The maximum absolute atomic E-state index is 12.5. The number of hydrogen-bond acceptors (Lipinski definition) is 7. The van der Waals surface area contributed by atoms with Gasteiger partial charge in [-0.2, -0.15) is 10.2 Å². The second kappa shape index (κ2) is 10.4. The molecule has 5 atom stereocenters. The second-order valence-corrected chi connectivity index (χ2v) is 13.0. The molecule has 1 aromatic carbocycles. The summed E-state index contributed by atoms with van der Waals surface area (Å²) >= 11 is 12.3. The van der Waals surface area contributed by atoms with Crippen LogP contribution in [0.4, 0.5) is 16.6 Å². The molecule has 4 fully saturated rings. The number of nitrogens with zero attached hydrogens (tertiary/aromatic N) is 3. The number of aromatic nitrogens is 2. The lowest BCUT2D eigenvalue weighted by Crippen LogP contribution is -2.60. The molecule has 4 aliphatic carbocycles. The number of ether oxygens (including phenoxy) is 1. The van der Waals surface area contributed by atoms with Crippen molar-refractivity contribution in [1.82, 2.24) is 15.3 Å². The molecule has 0 spiro atoms. The fourth-order valence-electron chi connectivity index (χ4n) is 6.88. The molecule has 10 heteroatoms. The zero-order chi connectivity index (χ0) is 27.1. The molecule has 6 rings (SSSR count). The van der Waals surface area contributed by atoms with E-state index in [0.717, 1.165) is 37.8 Å². The number of alkyl carbamates (subject to hydrolysis) is 1. The van der Waals surface area contributed by atoms with Crippen LogP contribution in [0.5, 0.6) is 0 Å². The van der Waals surface area contributed by atoms with Gasteiger partial charge in [0.15, 0.2) is 0 Å². The van der Waals surface area contributed by atoms with Crippen LogP contribution in [0, 0.1) is 34.5 Å². The molecule has 1 heterocycles. The molecule has 1 unspecified atom stereocenters. The Hall–Kier alpha value is -2.76. The number of rotatable bonds is 7. The fraction of sp³-hybridized carbons (Fsp3) is 0.571. The van der Waals surface area contributed by atoms with E-state index in [1.807, 2.05) is 26.8 Å². The number of carbonyl (C=O) groups is 1. The summed E-state index contributed by atoms with van der Waals surface area (Å²) in [5.41, 5.74) is 0.910. The van der Waals surface area contributed by atoms with Crippen molar-refractivity contribution in [3.05, 3.63) is 45.6 Å². The van der Waals surface area contributed by atoms with E-state index < -0.39 is 5.60 Å². The number of amides is 1. The van der Waals surface area contributed by atoms with Gasteiger partial charge in [-0.1, -0.05) is 29.3 Å². The average molecular weight is 558 g/mol. The van der Waals surface area contributed by atoms with Crippen LogP contribution in [0.15, 0.2) is 24.4 Å². The largest absolute Gasteiger partial charge is 0.444 e. The van der Waals surface area contributed by atoms with Gasteiger partial charge in [-0.3, -0.25) is 0 Å². The van der Waals surface area contributed by atoms with Crippen molar-refractivity contribution in [3.8, 4) is 6.07 Å². The molecule has 0 radical (unpaired) electrons. The zero-order valence-electron chi connectivity index (χ0n) is 22.0. The Labute approximate surface area is 233 Å². The zero-order valence-corrected chi connectivity index (χ0v) is 23.5. The molecule has 38 heavy (non-hydrogen) atoms. The normalized spacial score (nSPS) is 27.5. The van der Waals surface area contributed by atoms with E-state index in [9.17, 15) is 10.1 Å². The predicted molar refractivity (Wildman–Crippen MR) is 148 cm³/mol. The van der Waals surface area contributed by atoms with Crippen LogP contribution in [0.1, 0.15) is 64.0 Å². The lowest BCUT2D eigenvalue weighted by atomic mass is 9.48. The fourth-order valence-corrected chi connectivity index (χ4v) is 7.36. The first kappa shape index (κ1) is 26.8. The highest BCUT2D eigenvalue weighted by atomic mass is 35.5. The Morgan fingerprint density at radius 1 is 1.18 bits per heavy atom. The Bertz CT molecular complexity index is 1240. The predicted octanol–water partition coefficient (Wildman–Crippen LogP) is 6.40. The third-order valence-corrected chi connectivity index (χ3v) is 8.66. The average Bonchev–Trinajstić information content (AvgIpc) is 2.83. The summed E-state index contributed by atoms with van der Waals surface area (Å²) < 4.78 is 5.54. The number of benzene rings is 1. The van der Waals surface area contributed by atoms with Gasteiger partial charge in [0.2, 0.25) is 5.95 Å². The van der Waals surface area contributed by atoms with Crippen molar-refractivity contribution in [2.24, 2.45) is 23.2 Å². The molecule has 4 saturated carbocycles. The van der Waals surface area contributed by atoms with E-state index in [4.69, 9.17) is 27.9 Å². The highest BCUT2D eigenvalue weighted by molar-refractivity contribution is 6.35. The topological polar surface area (TPSA) is 112 Å². The second-order valence-electron chi connectivity index (χ2n) is 12.2. The number of anilines is 2. The molecule has 0 aliphatic heterocycles. The van der Waals surface area contributed by atoms with Crippen molar-refractivity contribution in [2.75, 3.05) is 17.2 Å². The first-order valence-corrected chi connectivity index (χ1v) is 14.0. The minimum absolute atomic E-state index is 0.130. The lowest BCUT2D eigenvalue weighted by molar-refractivity contribution is -0.0703. The Balaban J connectivity index is 1.24. The first-order chi connectivity index (χ1) is 18.0. The Kier molecular flexibility index (Phi) is 7.36. The number of hydrogen-bond donors (Lipinski definition) is 3. The summed E-state index contributed by atoms with van der Waals surface area (Å²) in [6.45, 7) is 6.84. The van der Waals surface area contributed by atoms with E-state index in [-0.39, 0.29) is 17.6 Å². The summed E-state index contributed by atoms with van der Waals surface area (Å²) in [6.07, 6.45) is 6.78. The molecule has 4 bridgehead atoms. The highest BCUT2D eigenvalue weighted by Gasteiger charge is 2.55. The number of carbonyl (C=O) groups excluding carboxylic acids is 1. The monoisotopic (exact) mass is 556 g/mol. The maximum atomic E-state index is 12.5. The summed E-state index contributed by atoms with van der Waals surface area (Å²) in [4.78, 5) is 21.4. The van der Waals surface area contributed by atoms with Crippen molar-refractivity contribution in [3.63, 3.8) is 0 Å². The van der Waals surface area contributed by atoms with Gasteiger partial charge in [0, 0.05) is 29.2 Å². The van der Waals surface area contributed by atoms with Crippen LogP contribution in [0.25, 0.3) is 0 Å². The van der Waals surface area contributed by atoms with Crippen LogP contribution in [-0.2, 0) is 11.3 Å². The van der Waals surface area contributed by atoms with Gasteiger partial charge in [0.1, 0.15) is 23.1 Å². The summed E-state index contributed by atoms with van der Waals surface area (Å²) in [6, 6.07) is 7.72. The van der Waals surface area contributed by atoms with Crippen molar-refractivity contribution < 1.29 is 9.53 Å². The van der Waals surface area contributed by atoms with Gasteiger partial charge in [-0.15, -0.1) is 0 Å². The number of nitriles is 1. The molecule has 1 amide bonds. The van der Waals surface area contributed by atoms with Crippen molar-refractivity contribution in [1.29, 1.82) is 5.26 Å². The number of nitrogens with one attached hydrogen (secondary N) is 3. The van der Waals surface area contributed by atoms with Crippen molar-refractivity contribution >= 4 is 41.1 Å². The summed E-state index contributed by atoms with van der Waals surface area (Å²) in [7, 11) is 0. The minimum Gasteiger partial charge on any atom is -0.444 e. The maximum Gasteiger partial charge on any atom is 0.407 e. The van der Waals surface area contributed by atoms with Gasteiger partial charge >= 0.3 is 6.09 Å². The van der Waals surface area contributed by atoms with Crippen LogP contribution in [-0.4, -0.2) is 34.2 Å². The third kappa shape index (κ3) is 5.94. The minimum atomic E-state index is -0.508.